The smallest absolute Gasteiger partial charge is 0.328 e. The lowest BCUT2D eigenvalue weighted by Crippen LogP contribution is -2.43. The van der Waals surface area contributed by atoms with Crippen LogP contribution in [0.1, 0.15) is 26.2 Å². The maximum absolute atomic E-state index is 11.5. The molecule has 6 nitrogen and oxygen atoms in total. The van der Waals surface area contributed by atoms with Crippen LogP contribution in [0, 0.1) is 0 Å². The Morgan fingerprint density at radius 1 is 1.22 bits per heavy atom. The largest absolute Gasteiger partial charge is 0.467 e. The molecule has 0 aromatic carbocycles. The van der Waals surface area contributed by atoms with Crippen molar-refractivity contribution >= 4 is 11.9 Å². The molecule has 18 heavy (non-hydrogen) atoms. The van der Waals surface area contributed by atoms with Crippen LogP contribution in [-0.4, -0.2) is 52.0 Å². The molecule has 6 heteroatoms. The number of carbonyl (C=O) groups is 2. The van der Waals surface area contributed by atoms with E-state index in [0.29, 0.717) is 19.6 Å². The normalized spacial score (nSPS) is 11.9. The van der Waals surface area contributed by atoms with E-state index in [2.05, 4.69) is 10.1 Å². The maximum Gasteiger partial charge on any atom is 0.328 e. The van der Waals surface area contributed by atoms with Crippen LogP contribution in [0.25, 0.3) is 0 Å². The molecule has 0 bridgehead atoms. The van der Waals surface area contributed by atoms with Gasteiger partial charge in [-0.25, -0.2) is 4.79 Å². The Balaban J connectivity index is 3.98. The highest BCUT2D eigenvalue weighted by atomic mass is 16.5. The Hall–Kier alpha value is -1.14. The van der Waals surface area contributed by atoms with E-state index >= 15 is 0 Å². The molecule has 0 radical (unpaired) electrons. The Kier molecular flexibility index (Phi) is 10.3. The van der Waals surface area contributed by atoms with Gasteiger partial charge in [-0.2, -0.15) is 0 Å². The van der Waals surface area contributed by atoms with E-state index in [1.807, 2.05) is 6.92 Å². The summed E-state index contributed by atoms with van der Waals surface area (Å²) in [5, 5.41) is 2.60. The Labute approximate surface area is 108 Å². The summed E-state index contributed by atoms with van der Waals surface area (Å²) < 4.78 is 14.5. The van der Waals surface area contributed by atoms with Gasteiger partial charge in [-0.05, 0) is 6.42 Å². The first-order chi connectivity index (χ1) is 8.65. The van der Waals surface area contributed by atoms with Crippen molar-refractivity contribution in [2.24, 2.45) is 0 Å². The van der Waals surface area contributed by atoms with Crippen molar-refractivity contribution in [3.05, 3.63) is 0 Å². The molecule has 0 aliphatic heterocycles. The van der Waals surface area contributed by atoms with Crippen molar-refractivity contribution in [3.63, 3.8) is 0 Å². The van der Waals surface area contributed by atoms with Crippen LogP contribution in [0.3, 0.4) is 0 Å². The zero-order valence-electron chi connectivity index (χ0n) is 11.4. The first-order valence-corrected chi connectivity index (χ1v) is 6.09. The summed E-state index contributed by atoms with van der Waals surface area (Å²) in [6.07, 6.45) is 2.38. The van der Waals surface area contributed by atoms with Crippen molar-refractivity contribution in [3.8, 4) is 0 Å². The SMILES string of the molecule is CCCC[C@@H](NC(=O)COCCOC)C(=O)OC. The minimum Gasteiger partial charge on any atom is -0.467 e. The monoisotopic (exact) mass is 261 g/mol. The summed E-state index contributed by atoms with van der Waals surface area (Å²) in [5.74, 6) is -0.744. The van der Waals surface area contributed by atoms with Crippen LogP contribution in [-0.2, 0) is 23.8 Å². The molecular weight excluding hydrogens is 238 g/mol. The van der Waals surface area contributed by atoms with Crippen LogP contribution < -0.4 is 5.32 Å². The lowest BCUT2D eigenvalue weighted by Gasteiger charge is -2.16. The van der Waals surface area contributed by atoms with Gasteiger partial charge in [0.2, 0.25) is 5.91 Å². The van der Waals surface area contributed by atoms with Gasteiger partial charge >= 0.3 is 5.97 Å². The predicted octanol–water partition coefficient (Wildman–Crippen LogP) is 0.497. The number of rotatable bonds is 10. The van der Waals surface area contributed by atoms with E-state index in [-0.39, 0.29) is 12.5 Å². The standard InChI is InChI=1S/C12H23NO5/c1-4-5-6-10(12(15)17-3)13-11(14)9-18-8-7-16-2/h10H,4-9H2,1-3H3,(H,13,14)/t10-/m1/s1. The number of carbonyl (C=O) groups excluding carboxylic acids is 2. The molecule has 0 spiro atoms. The summed E-state index contributed by atoms with van der Waals surface area (Å²) in [6.45, 7) is 2.72. The number of unbranched alkanes of at least 4 members (excludes halogenated alkanes) is 1. The Morgan fingerprint density at radius 3 is 2.50 bits per heavy atom. The summed E-state index contributed by atoms with van der Waals surface area (Å²) in [6, 6.07) is -0.589. The van der Waals surface area contributed by atoms with Crippen molar-refractivity contribution in [1.29, 1.82) is 0 Å². The molecule has 0 unspecified atom stereocenters. The van der Waals surface area contributed by atoms with Gasteiger partial charge < -0.3 is 19.5 Å². The van der Waals surface area contributed by atoms with Gasteiger partial charge in [0.25, 0.3) is 0 Å². The number of amides is 1. The molecule has 0 aromatic rings. The highest BCUT2D eigenvalue weighted by Crippen LogP contribution is 2.02. The fourth-order valence-corrected chi connectivity index (χ4v) is 1.34. The highest BCUT2D eigenvalue weighted by molar-refractivity contribution is 5.84. The Morgan fingerprint density at radius 2 is 1.94 bits per heavy atom. The zero-order chi connectivity index (χ0) is 13.8. The van der Waals surface area contributed by atoms with E-state index in [0.717, 1.165) is 12.8 Å². The molecule has 0 aromatic heterocycles. The van der Waals surface area contributed by atoms with E-state index in [9.17, 15) is 9.59 Å². The molecule has 106 valence electrons. The van der Waals surface area contributed by atoms with Crippen LogP contribution in [0.15, 0.2) is 0 Å². The minimum atomic E-state index is -0.589. The lowest BCUT2D eigenvalue weighted by atomic mass is 10.1. The first-order valence-electron chi connectivity index (χ1n) is 6.09. The second-order valence-electron chi connectivity index (χ2n) is 3.83. The fourth-order valence-electron chi connectivity index (χ4n) is 1.34. The van der Waals surface area contributed by atoms with Gasteiger partial charge in [0.15, 0.2) is 0 Å². The van der Waals surface area contributed by atoms with Gasteiger partial charge in [-0.1, -0.05) is 19.8 Å². The number of methoxy groups -OCH3 is 2. The van der Waals surface area contributed by atoms with Crippen LogP contribution in [0.2, 0.25) is 0 Å². The van der Waals surface area contributed by atoms with Crippen LogP contribution >= 0.6 is 0 Å². The molecule has 1 amide bonds. The number of esters is 1. The summed E-state index contributed by atoms with van der Waals surface area (Å²) in [7, 11) is 2.87. The average molecular weight is 261 g/mol. The van der Waals surface area contributed by atoms with Crippen molar-refractivity contribution in [2.75, 3.05) is 34.0 Å². The third-order valence-electron chi connectivity index (χ3n) is 2.33. The molecule has 0 aliphatic rings. The number of hydrogen-bond donors (Lipinski definition) is 1. The summed E-state index contributed by atoms with van der Waals surface area (Å²) >= 11 is 0. The van der Waals surface area contributed by atoms with Crippen molar-refractivity contribution < 1.29 is 23.8 Å². The second-order valence-corrected chi connectivity index (χ2v) is 3.83. The summed E-state index contributed by atoms with van der Waals surface area (Å²) in [4.78, 5) is 22.9. The first kappa shape index (κ1) is 16.9. The third-order valence-corrected chi connectivity index (χ3v) is 2.33. The molecule has 0 heterocycles. The fraction of sp³-hybridized carbons (Fsp3) is 0.833. The van der Waals surface area contributed by atoms with Gasteiger partial charge in [-0.15, -0.1) is 0 Å². The van der Waals surface area contributed by atoms with E-state index in [1.54, 1.807) is 7.11 Å². The predicted molar refractivity (Wildman–Crippen MR) is 66.2 cm³/mol. The molecule has 0 fully saturated rings. The van der Waals surface area contributed by atoms with Gasteiger partial charge in [0.05, 0.1) is 20.3 Å². The third kappa shape index (κ3) is 8.03. The maximum atomic E-state index is 11.5. The average Bonchev–Trinajstić information content (AvgIpc) is 2.38. The molecule has 0 saturated carbocycles. The van der Waals surface area contributed by atoms with Gasteiger partial charge in [0.1, 0.15) is 12.6 Å². The topological polar surface area (TPSA) is 73.9 Å². The Bertz CT molecular complexity index is 245. The number of hydrogen-bond acceptors (Lipinski definition) is 5. The molecule has 1 N–H and O–H groups in total. The molecule has 0 rings (SSSR count). The van der Waals surface area contributed by atoms with Crippen molar-refractivity contribution in [2.45, 2.75) is 32.2 Å². The van der Waals surface area contributed by atoms with E-state index in [1.165, 1.54) is 7.11 Å². The lowest BCUT2D eigenvalue weighted by molar-refractivity contribution is -0.146. The summed E-state index contributed by atoms with van der Waals surface area (Å²) in [5.41, 5.74) is 0. The molecule has 1 atom stereocenters. The second kappa shape index (κ2) is 11.0. The van der Waals surface area contributed by atoms with E-state index in [4.69, 9.17) is 9.47 Å². The van der Waals surface area contributed by atoms with Crippen molar-refractivity contribution in [1.82, 2.24) is 5.32 Å². The molecular formula is C12H23NO5. The molecule has 0 aliphatic carbocycles. The molecule has 0 saturated heterocycles. The van der Waals surface area contributed by atoms with Crippen LogP contribution in [0.5, 0.6) is 0 Å². The number of ether oxygens (including phenoxy) is 3. The quantitative estimate of drug-likeness (QED) is 0.458. The van der Waals surface area contributed by atoms with Crippen LogP contribution in [0.4, 0.5) is 0 Å². The van der Waals surface area contributed by atoms with Gasteiger partial charge in [0, 0.05) is 7.11 Å². The van der Waals surface area contributed by atoms with E-state index < -0.39 is 12.0 Å². The number of nitrogens with one attached hydrogen (secondary N) is 1. The van der Waals surface area contributed by atoms with Gasteiger partial charge in [-0.3, -0.25) is 4.79 Å². The minimum absolute atomic E-state index is 0.0804. The zero-order valence-corrected chi connectivity index (χ0v) is 11.4. The highest BCUT2D eigenvalue weighted by Gasteiger charge is 2.20.